The van der Waals surface area contributed by atoms with E-state index >= 15 is 0 Å². The minimum absolute atomic E-state index is 0.0544. The van der Waals surface area contributed by atoms with Gasteiger partial charge in [-0.2, -0.15) is 0 Å². The minimum atomic E-state index is -0.442. The van der Waals surface area contributed by atoms with E-state index in [-0.39, 0.29) is 12.5 Å². The molecular formula is C19H32N4O2. The molecule has 2 N–H and O–H groups in total. The number of aryl methyl sites for hydroxylation is 2. The van der Waals surface area contributed by atoms with Gasteiger partial charge in [0.2, 0.25) is 5.91 Å². The van der Waals surface area contributed by atoms with Crippen molar-refractivity contribution in [3.05, 3.63) is 29.3 Å². The highest BCUT2D eigenvalue weighted by Gasteiger charge is 2.18. The lowest BCUT2D eigenvalue weighted by molar-refractivity contribution is -0.117. The highest BCUT2D eigenvalue weighted by atomic mass is 16.3. The van der Waals surface area contributed by atoms with Crippen molar-refractivity contribution in [2.75, 3.05) is 65.2 Å². The normalized spacial score (nSPS) is 17.7. The molecule has 0 radical (unpaired) electrons. The molecule has 1 unspecified atom stereocenters. The first-order chi connectivity index (χ1) is 11.8. The number of aliphatic hydroxyl groups excluding tert-OH is 1. The Kier molecular flexibility index (Phi) is 7.38. The zero-order valence-electron chi connectivity index (χ0n) is 16.0. The van der Waals surface area contributed by atoms with Crippen molar-refractivity contribution in [1.29, 1.82) is 0 Å². The third kappa shape index (κ3) is 6.74. The Labute approximate surface area is 151 Å². The molecule has 1 aliphatic heterocycles. The molecule has 1 atom stereocenters. The van der Waals surface area contributed by atoms with Gasteiger partial charge >= 0.3 is 0 Å². The molecule has 1 aromatic rings. The van der Waals surface area contributed by atoms with E-state index in [0.29, 0.717) is 13.1 Å². The van der Waals surface area contributed by atoms with Gasteiger partial charge < -0.3 is 15.3 Å². The molecule has 0 bridgehead atoms. The minimum Gasteiger partial charge on any atom is -0.390 e. The van der Waals surface area contributed by atoms with Gasteiger partial charge in [0.05, 0.1) is 12.6 Å². The summed E-state index contributed by atoms with van der Waals surface area (Å²) in [5.41, 5.74) is 3.09. The van der Waals surface area contributed by atoms with E-state index in [1.807, 2.05) is 37.9 Å². The Morgan fingerprint density at radius 3 is 2.60 bits per heavy atom. The van der Waals surface area contributed by atoms with E-state index in [1.54, 1.807) is 0 Å². The number of carbonyl (C=O) groups excluding carboxylic acids is 1. The van der Waals surface area contributed by atoms with Gasteiger partial charge in [-0.3, -0.25) is 14.6 Å². The van der Waals surface area contributed by atoms with Gasteiger partial charge in [0, 0.05) is 45.0 Å². The molecule has 0 aromatic heterocycles. The number of β-amino-alcohol motifs (C(OH)–C–C–N with tert-alkyl or cyclic N) is 1. The number of aliphatic hydroxyl groups is 1. The van der Waals surface area contributed by atoms with E-state index < -0.39 is 6.10 Å². The van der Waals surface area contributed by atoms with Crippen LogP contribution in [0.25, 0.3) is 0 Å². The monoisotopic (exact) mass is 348 g/mol. The van der Waals surface area contributed by atoms with E-state index in [9.17, 15) is 9.90 Å². The number of hydrogen-bond donors (Lipinski definition) is 2. The summed E-state index contributed by atoms with van der Waals surface area (Å²) in [5, 5.41) is 13.2. The lowest BCUT2D eigenvalue weighted by Gasteiger charge is -2.34. The largest absolute Gasteiger partial charge is 0.390 e. The van der Waals surface area contributed by atoms with Gasteiger partial charge in [0.25, 0.3) is 0 Å². The van der Waals surface area contributed by atoms with E-state index in [1.165, 1.54) is 5.56 Å². The van der Waals surface area contributed by atoms with Crippen molar-refractivity contribution in [2.45, 2.75) is 20.0 Å². The van der Waals surface area contributed by atoms with Crippen LogP contribution in [0.5, 0.6) is 0 Å². The number of anilines is 1. The molecule has 2 rings (SSSR count). The van der Waals surface area contributed by atoms with Gasteiger partial charge in [0.1, 0.15) is 0 Å². The summed E-state index contributed by atoms with van der Waals surface area (Å²) in [5.74, 6) is -0.0544. The number of nitrogens with one attached hydrogen (secondary N) is 1. The fourth-order valence-electron chi connectivity index (χ4n) is 3.20. The average Bonchev–Trinajstić information content (AvgIpc) is 2.52. The number of amides is 1. The molecule has 0 spiro atoms. The first-order valence-corrected chi connectivity index (χ1v) is 8.98. The van der Waals surface area contributed by atoms with Gasteiger partial charge in [-0.15, -0.1) is 0 Å². The quantitative estimate of drug-likeness (QED) is 0.763. The number of hydrogen-bond acceptors (Lipinski definition) is 5. The van der Waals surface area contributed by atoms with Crippen LogP contribution in [0.3, 0.4) is 0 Å². The zero-order chi connectivity index (χ0) is 18.4. The van der Waals surface area contributed by atoms with Crippen LogP contribution in [0.2, 0.25) is 0 Å². The van der Waals surface area contributed by atoms with Crippen molar-refractivity contribution in [2.24, 2.45) is 0 Å². The van der Waals surface area contributed by atoms with Crippen LogP contribution in [-0.2, 0) is 4.79 Å². The smallest absolute Gasteiger partial charge is 0.238 e. The Hall–Kier alpha value is -1.47. The summed E-state index contributed by atoms with van der Waals surface area (Å²) >= 11 is 0. The van der Waals surface area contributed by atoms with E-state index in [4.69, 9.17) is 0 Å². The number of carbonyl (C=O) groups is 1. The van der Waals surface area contributed by atoms with Crippen LogP contribution in [0.4, 0.5) is 5.69 Å². The molecule has 0 aliphatic carbocycles. The van der Waals surface area contributed by atoms with Crippen molar-refractivity contribution < 1.29 is 9.90 Å². The van der Waals surface area contributed by atoms with Crippen LogP contribution in [0.1, 0.15) is 11.1 Å². The highest BCUT2D eigenvalue weighted by Crippen LogP contribution is 2.15. The second-order valence-corrected chi connectivity index (χ2v) is 7.32. The van der Waals surface area contributed by atoms with Crippen molar-refractivity contribution in [3.8, 4) is 0 Å². The van der Waals surface area contributed by atoms with Gasteiger partial charge in [0.15, 0.2) is 0 Å². The van der Waals surface area contributed by atoms with Crippen LogP contribution in [0, 0.1) is 13.8 Å². The second-order valence-electron chi connectivity index (χ2n) is 7.32. The molecule has 1 amide bonds. The molecule has 0 saturated carbocycles. The molecule has 1 fully saturated rings. The topological polar surface area (TPSA) is 59.1 Å². The van der Waals surface area contributed by atoms with Crippen LogP contribution in [0.15, 0.2) is 18.2 Å². The summed E-state index contributed by atoms with van der Waals surface area (Å²) in [6.45, 7) is 9.52. The van der Waals surface area contributed by atoms with Crippen LogP contribution < -0.4 is 5.32 Å². The molecule has 25 heavy (non-hydrogen) atoms. The number of piperazine rings is 1. The van der Waals surface area contributed by atoms with Crippen molar-refractivity contribution in [3.63, 3.8) is 0 Å². The summed E-state index contributed by atoms with van der Waals surface area (Å²) in [6.07, 6.45) is -0.442. The molecule has 1 aliphatic rings. The van der Waals surface area contributed by atoms with Crippen molar-refractivity contribution >= 4 is 11.6 Å². The molecule has 1 heterocycles. The molecular weight excluding hydrogens is 316 g/mol. The molecule has 140 valence electrons. The van der Waals surface area contributed by atoms with Crippen LogP contribution in [-0.4, -0.2) is 91.7 Å². The second kappa shape index (κ2) is 9.29. The number of nitrogens with zero attached hydrogens (tertiary/aromatic N) is 3. The molecule has 6 heteroatoms. The SMILES string of the molecule is Cc1ccc(NC(=O)CN(C)CC(O)CN2CCN(C)CC2)c(C)c1. The third-order valence-electron chi connectivity index (χ3n) is 4.66. The lowest BCUT2D eigenvalue weighted by atomic mass is 10.1. The van der Waals surface area contributed by atoms with E-state index in [0.717, 1.165) is 37.4 Å². The predicted octanol–water partition coefficient (Wildman–Crippen LogP) is 0.782. The Balaban J connectivity index is 1.73. The maximum absolute atomic E-state index is 12.2. The lowest BCUT2D eigenvalue weighted by Crippen LogP contribution is -2.48. The van der Waals surface area contributed by atoms with Crippen molar-refractivity contribution in [1.82, 2.24) is 14.7 Å². The average molecular weight is 348 g/mol. The highest BCUT2D eigenvalue weighted by molar-refractivity contribution is 5.92. The Morgan fingerprint density at radius 1 is 1.28 bits per heavy atom. The Morgan fingerprint density at radius 2 is 1.96 bits per heavy atom. The first kappa shape index (κ1) is 19.8. The maximum atomic E-state index is 12.2. The van der Waals surface area contributed by atoms with Crippen LogP contribution >= 0.6 is 0 Å². The van der Waals surface area contributed by atoms with Gasteiger partial charge in [-0.05, 0) is 39.6 Å². The number of likely N-dealkylation sites (N-methyl/N-ethyl adjacent to an activating group) is 2. The first-order valence-electron chi connectivity index (χ1n) is 8.98. The number of rotatable bonds is 7. The predicted molar refractivity (Wildman–Crippen MR) is 102 cm³/mol. The molecule has 1 saturated heterocycles. The number of benzene rings is 1. The van der Waals surface area contributed by atoms with Gasteiger partial charge in [-0.25, -0.2) is 0 Å². The summed E-state index contributed by atoms with van der Waals surface area (Å²) in [6, 6.07) is 5.98. The van der Waals surface area contributed by atoms with E-state index in [2.05, 4.69) is 28.2 Å². The maximum Gasteiger partial charge on any atom is 0.238 e. The fourth-order valence-corrected chi connectivity index (χ4v) is 3.20. The van der Waals surface area contributed by atoms with Gasteiger partial charge in [-0.1, -0.05) is 17.7 Å². The standard InChI is InChI=1S/C19H32N4O2/c1-15-5-6-18(16(2)11-15)20-19(25)14-22(4)12-17(24)13-23-9-7-21(3)8-10-23/h5-6,11,17,24H,7-10,12-14H2,1-4H3,(H,20,25). The summed E-state index contributed by atoms with van der Waals surface area (Å²) in [7, 11) is 3.99. The summed E-state index contributed by atoms with van der Waals surface area (Å²) < 4.78 is 0. The third-order valence-corrected chi connectivity index (χ3v) is 4.66. The Bertz CT molecular complexity index is 571. The zero-order valence-corrected chi connectivity index (χ0v) is 16.0. The summed E-state index contributed by atoms with van der Waals surface area (Å²) in [4.78, 5) is 18.7. The molecule has 6 nitrogen and oxygen atoms in total. The molecule has 1 aromatic carbocycles. The fraction of sp³-hybridized carbons (Fsp3) is 0.632.